The van der Waals surface area contributed by atoms with Gasteiger partial charge in [-0.25, -0.2) is 4.79 Å². The van der Waals surface area contributed by atoms with Crippen LogP contribution in [0.2, 0.25) is 0 Å². The standard InChI is InChI=1S/C17H33N3O4/c1-8-11(4)13(14(18)21)20-15(22)12(9-10(2)3)19-16(23)24-17(5,6)7/h10-13H,8-9H2,1-7H3,(H2,18,21)(H,19,23)(H,20,22). The summed E-state index contributed by atoms with van der Waals surface area (Å²) >= 11 is 0. The van der Waals surface area contributed by atoms with Crippen molar-refractivity contribution in [2.75, 3.05) is 0 Å². The lowest BCUT2D eigenvalue weighted by Crippen LogP contribution is -2.55. The summed E-state index contributed by atoms with van der Waals surface area (Å²) in [5, 5.41) is 5.24. The van der Waals surface area contributed by atoms with E-state index in [-0.39, 0.29) is 11.8 Å². The number of amides is 3. The van der Waals surface area contributed by atoms with E-state index in [4.69, 9.17) is 10.5 Å². The minimum absolute atomic E-state index is 0.0901. The predicted molar refractivity (Wildman–Crippen MR) is 93.2 cm³/mol. The third-order valence-corrected chi connectivity index (χ3v) is 3.53. The highest BCUT2D eigenvalue weighted by Crippen LogP contribution is 2.12. The summed E-state index contributed by atoms with van der Waals surface area (Å²) in [6, 6.07) is -1.55. The Bertz CT molecular complexity index is 444. The summed E-state index contributed by atoms with van der Waals surface area (Å²) in [4.78, 5) is 36.1. The van der Waals surface area contributed by atoms with Gasteiger partial charge in [0, 0.05) is 0 Å². The molecule has 0 bridgehead atoms. The summed E-state index contributed by atoms with van der Waals surface area (Å²) in [6.07, 6.45) is 0.460. The largest absolute Gasteiger partial charge is 0.444 e. The molecule has 0 aliphatic heterocycles. The van der Waals surface area contributed by atoms with Crippen LogP contribution in [-0.4, -0.2) is 35.6 Å². The van der Waals surface area contributed by atoms with Crippen molar-refractivity contribution in [2.24, 2.45) is 17.6 Å². The highest BCUT2D eigenvalue weighted by atomic mass is 16.6. The molecule has 7 heteroatoms. The summed E-state index contributed by atoms with van der Waals surface area (Å²) in [6.45, 7) is 12.9. The van der Waals surface area contributed by atoms with Gasteiger partial charge in [0.05, 0.1) is 0 Å². The van der Waals surface area contributed by atoms with Gasteiger partial charge in [-0.15, -0.1) is 0 Å². The quantitative estimate of drug-likeness (QED) is 0.625. The van der Waals surface area contributed by atoms with Crippen LogP contribution in [0.1, 0.15) is 61.3 Å². The van der Waals surface area contributed by atoms with Crippen LogP contribution in [-0.2, 0) is 14.3 Å². The number of hydrogen-bond acceptors (Lipinski definition) is 4. The van der Waals surface area contributed by atoms with E-state index in [1.54, 1.807) is 20.8 Å². The highest BCUT2D eigenvalue weighted by Gasteiger charge is 2.30. The minimum atomic E-state index is -0.786. The van der Waals surface area contributed by atoms with Gasteiger partial charge < -0.3 is 21.1 Å². The fourth-order valence-electron chi connectivity index (χ4n) is 2.14. The van der Waals surface area contributed by atoms with Crippen molar-refractivity contribution in [3.05, 3.63) is 0 Å². The van der Waals surface area contributed by atoms with Crippen molar-refractivity contribution in [3.63, 3.8) is 0 Å². The van der Waals surface area contributed by atoms with E-state index >= 15 is 0 Å². The van der Waals surface area contributed by atoms with Gasteiger partial charge in [0.15, 0.2) is 0 Å². The van der Waals surface area contributed by atoms with Crippen molar-refractivity contribution in [1.82, 2.24) is 10.6 Å². The van der Waals surface area contributed by atoms with Gasteiger partial charge in [0.25, 0.3) is 0 Å². The highest BCUT2D eigenvalue weighted by molar-refractivity contribution is 5.90. The molecule has 3 amide bonds. The molecular weight excluding hydrogens is 310 g/mol. The average Bonchev–Trinajstić information content (AvgIpc) is 2.39. The summed E-state index contributed by atoms with van der Waals surface area (Å²) < 4.78 is 5.20. The third-order valence-electron chi connectivity index (χ3n) is 3.53. The summed E-state index contributed by atoms with van der Waals surface area (Å²) in [5.41, 5.74) is 4.72. The lowest BCUT2D eigenvalue weighted by molar-refractivity contribution is -0.129. The number of ether oxygens (including phenoxy) is 1. The second-order valence-electron chi connectivity index (χ2n) is 7.60. The molecule has 0 spiro atoms. The first kappa shape index (κ1) is 22.2. The molecule has 140 valence electrons. The lowest BCUT2D eigenvalue weighted by atomic mass is 9.97. The molecule has 0 heterocycles. The fraction of sp³-hybridized carbons (Fsp3) is 0.824. The molecule has 3 atom stereocenters. The van der Waals surface area contributed by atoms with Gasteiger partial charge in [-0.3, -0.25) is 9.59 Å². The number of carbonyl (C=O) groups excluding carboxylic acids is 3. The number of alkyl carbamates (subject to hydrolysis) is 1. The molecule has 3 unspecified atom stereocenters. The molecule has 0 fully saturated rings. The zero-order valence-corrected chi connectivity index (χ0v) is 15.9. The molecule has 0 aromatic heterocycles. The molecule has 4 N–H and O–H groups in total. The van der Waals surface area contributed by atoms with Crippen molar-refractivity contribution in [2.45, 2.75) is 79.0 Å². The predicted octanol–water partition coefficient (Wildman–Crippen LogP) is 1.94. The zero-order valence-electron chi connectivity index (χ0n) is 15.9. The number of carbonyl (C=O) groups is 3. The minimum Gasteiger partial charge on any atom is -0.444 e. The van der Waals surface area contributed by atoms with Gasteiger partial charge >= 0.3 is 6.09 Å². The van der Waals surface area contributed by atoms with Crippen LogP contribution in [0, 0.1) is 11.8 Å². The van der Waals surface area contributed by atoms with Crippen molar-refractivity contribution in [3.8, 4) is 0 Å². The van der Waals surface area contributed by atoms with Crippen LogP contribution in [0.3, 0.4) is 0 Å². The van der Waals surface area contributed by atoms with E-state index in [0.29, 0.717) is 12.8 Å². The molecule has 0 saturated heterocycles. The fourth-order valence-corrected chi connectivity index (χ4v) is 2.14. The molecule has 0 saturated carbocycles. The number of primary amides is 1. The van der Waals surface area contributed by atoms with Crippen LogP contribution in [0.15, 0.2) is 0 Å². The first-order valence-corrected chi connectivity index (χ1v) is 8.46. The molecule has 0 aliphatic carbocycles. The Hall–Kier alpha value is -1.79. The lowest BCUT2D eigenvalue weighted by Gasteiger charge is -2.27. The maximum atomic E-state index is 12.5. The van der Waals surface area contributed by atoms with Gasteiger partial charge in [0.2, 0.25) is 11.8 Å². The van der Waals surface area contributed by atoms with Crippen LogP contribution < -0.4 is 16.4 Å². The monoisotopic (exact) mass is 343 g/mol. The maximum absolute atomic E-state index is 12.5. The summed E-state index contributed by atoms with van der Waals surface area (Å²) in [7, 11) is 0. The Labute approximate surface area is 145 Å². The Morgan fingerprint density at radius 2 is 1.62 bits per heavy atom. The molecule has 0 aliphatic rings. The number of hydrogen-bond donors (Lipinski definition) is 3. The third kappa shape index (κ3) is 8.74. The molecule has 0 rings (SSSR count). The first-order valence-electron chi connectivity index (χ1n) is 8.46. The molecule has 0 aromatic carbocycles. The van der Waals surface area contributed by atoms with E-state index in [1.165, 1.54) is 0 Å². The normalized spacial score (nSPS) is 15.3. The second kappa shape index (κ2) is 9.49. The van der Waals surface area contributed by atoms with E-state index in [0.717, 1.165) is 0 Å². The average molecular weight is 343 g/mol. The SMILES string of the molecule is CCC(C)C(NC(=O)C(CC(C)C)NC(=O)OC(C)(C)C)C(N)=O. The molecule has 0 aromatic rings. The summed E-state index contributed by atoms with van der Waals surface area (Å²) in [5.74, 6) is -0.934. The number of rotatable bonds is 8. The molecule has 24 heavy (non-hydrogen) atoms. The Kier molecular flexibility index (Phi) is 8.78. The number of nitrogens with one attached hydrogen (secondary N) is 2. The van der Waals surface area contributed by atoms with Crippen molar-refractivity contribution >= 4 is 17.9 Å². The molecular formula is C17H33N3O4. The van der Waals surface area contributed by atoms with Crippen molar-refractivity contribution in [1.29, 1.82) is 0 Å². The van der Waals surface area contributed by atoms with E-state index in [1.807, 2.05) is 27.7 Å². The first-order chi connectivity index (χ1) is 10.9. The van der Waals surface area contributed by atoms with Gasteiger partial charge in [-0.1, -0.05) is 34.1 Å². The Morgan fingerprint density at radius 3 is 2.00 bits per heavy atom. The smallest absolute Gasteiger partial charge is 0.408 e. The van der Waals surface area contributed by atoms with Crippen molar-refractivity contribution < 1.29 is 19.1 Å². The van der Waals surface area contributed by atoms with Crippen LogP contribution in [0.5, 0.6) is 0 Å². The van der Waals surface area contributed by atoms with Crippen LogP contribution >= 0.6 is 0 Å². The van der Waals surface area contributed by atoms with Crippen LogP contribution in [0.25, 0.3) is 0 Å². The van der Waals surface area contributed by atoms with Gasteiger partial charge in [0.1, 0.15) is 17.7 Å². The number of nitrogens with two attached hydrogens (primary N) is 1. The Morgan fingerprint density at radius 1 is 1.08 bits per heavy atom. The van der Waals surface area contributed by atoms with E-state index in [9.17, 15) is 14.4 Å². The Balaban J connectivity index is 5.05. The zero-order chi connectivity index (χ0) is 19.1. The topological polar surface area (TPSA) is 111 Å². The van der Waals surface area contributed by atoms with E-state index in [2.05, 4.69) is 10.6 Å². The second-order valence-corrected chi connectivity index (χ2v) is 7.60. The van der Waals surface area contributed by atoms with Gasteiger partial charge in [-0.05, 0) is 39.0 Å². The maximum Gasteiger partial charge on any atom is 0.408 e. The molecule has 7 nitrogen and oxygen atoms in total. The van der Waals surface area contributed by atoms with E-state index < -0.39 is 35.6 Å². The van der Waals surface area contributed by atoms with Crippen LogP contribution in [0.4, 0.5) is 4.79 Å². The molecule has 0 radical (unpaired) electrons. The van der Waals surface area contributed by atoms with Gasteiger partial charge in [-0.2, -0.15) is 0 Å².